The number of piperidine rings is 1. The molecule has 0 radical (unpaired) electrons. The van der Waals surface area contributed by atoms with Crippen LogP contribution in [-0.4, -0.2) is 36.5 Å². The van der Waals surface area contributed by atoms with Crippen LogP contribution in [0.25, 0.3) is 0 Å². The summed E-state index contributed by atoms with van der Waals surface area (Å²) in [6, 6.07) is 1.88. The van der Waals surface area contributed by atoms with Crippen LogP contribution in [-0.2, 0) is 9.53 Å². The van der Waals surface area contributed by atoms with E-state index in [4.69, 9.17) is 4.74 Å². The van der Waals surface area contributed by atoms with Crippen molar-refractivity contribution >= 4 is 45.8 Å². The van der Waals surface area contributed by atoms with Gasteiger partial charge >= 0.3 is 5.97 Å². The van der Waals surface area contributed by atoms with Crippen LogP contribution < -0.4 is 0 Å². The van der Waals surface area contributed by atoms with Crippen LogP contribution in [0.3, 0.4) is 0 Å². The van der Waals surface area contributed by atoms with Gasteiger partial charge in [-0.2, -0.15) is 0 Å². The van der Waals surface area contributed by atoms with Crippen LogP contribution >= 0.6 is 33.9 Å². The molecule has 0 N–H and O–H groups in total. The number of carbonyl (C=O) groups is 2. The number of rotatable bonds is 3. The quantitative estimate of drug-likeness (QED) is 0.586. The minimum Gasteiger partial charge on any atom is -0.469 e. The Hall–Kier alpha value is -0.630. The van der Waals surface area contributed by atoms with Gasteiger partial charge in [0.15, 0.2) is 0 Å². The smallest absolute Gasteiger partial charge is 0.307 e. The number of carbonyl (C=O) groups excluding carboxylic acids is 2. The molecule has 0 saturated carbocycles. The van der Waals surface area contributed by atoms with Gasteiger partial charge in [0.05, 0.1) is 22.0 Å². The highest BCUT2D eigenvalue weighted by Gasteiger charge is 2.29. The normalized spacial score (nSPS) is 19.3. The second-order valence-corrected chi connectivity index (χ2v) is 7.37. The number of esters is 1. The maximum Gasteiger partial charge on any atom is 0.307 e. The first kappa shape index (κ1) is 14.8. The van der Waals surface area contributed by atoms with Gasteiger partial charge in [0.2, 0.25) is 0 Å². The summed E-state index contributed by atoms with van der Waals surface area (Å²) in [6.45, 7) is 0.729. The highest BCUT2D eigenvalue weighted by molar-refractivity contribution is 14.1. The lowest BCUT2D eigenvalue weighted by Gasteiger charge is -2.35. The molecule has 1 atom stereocenters. The van der Waals surface area contributed by atoms with E-state index < -0.39 is 0 Å². The van der Waals surface area contributed by atoms with Crippen molar-refractivity contribution in [3.05, 3.63) is 19.9 Å². The number of nitrogens with zero attached hydrogens (tertiary/aromatic N) is 1. The van der Waals surface area contributed by atoms with Gasteiger partial charge in [-0.1, -0.05) is 0 Å². The maximum atomic E-state index is 12.5. The Morgan fingerprint density at radius 1 is 1.53 bits per heavy atom. The third-order valence-corrected chi connectivity index (χ3v) is 5.12. The third kappa shape index (κ3) is 3.68. The molecule has 19 heavy (non-hydrogen) atoms. The van der Waals surface area contributed by atoms with E-state index in [0.29, 0.717) is 6.42 Å². The number of ether oxygens (including phenoxy) is 1. The van der Waals surface area contributed by atoms with Gasteiger partial charge in [-0.05, 0) is 47.9 Å². The van der Waals surface area contributed by atoms with Gasteiger partial charge < -0.3 is 9.64 Å². The van der Waals surface area contributed by atoms with E-state index >= 15 is 0 Å². The second kappa shape index (κ2) is 6.69. The van der Waals surface area contributed by atoms with Crippen molar-refractivity contribution in [1.82, 2.24) is 4.90 Å². The zero-order valence-electron chi connectivity index (χ0n) is 10.7. The minimum absolute atomic E-state index is 0.0220. The lowest BCUT2D eigenvalue weighted by Crippen LogP contribution is -2.44. The van der Waals surface area contributed by atoms with E-state index in [1.54, 1.807) is 11.3 Å². The van der Waals surface area contributed by atoms with E-state index in [0.717, 1.165) is 34.3 Å². The van der Waals surface area contributed by atoms with E-state index in [2.05, 4.69) is 22.6 Å². The maximum absolute atomic E-state index is 12.5. The summed E-state index contributed by atoms with van der Waals surface area (Å²) < 4.78 is 5.81. The molecule has 6 heteroatoms. The zero-order valence-corrected chi connectivity index (χ0v) is 13.7. The Morgan fingerprint density at radius 2 is 2.32 bits per heavy atom. The molecule has 104 valence electrons. The Kier molecular flexibility index (Phi) is 5.20. The molecule has 1 unspecified atom stereocenters. The molecular formula is C13H16INO3S. The van der Waals surface area contributed by atoms with E-state index in [1.165, 1.54) is 7.11 Å². The molecule has 0 aromatic carbocycles. The lowest BCUT2D eigenvalue weighted by atomic mass is 9.98. The first-order valence-electron chi connectivity index (χ1n) is 6.23. The molecule has 0 aliphatic carbocycles. The van der Waals surface area contributed by atoms with Gasteiger partial charge in [0.1, 0.15) is 0 Å². The Bertz CT molecular complexity index is 474. The molecule has 2 heterocycles. The molecular weight excluding hydrogens is 377 g/mol. The SMILES string of the molecule is COC(=O)CC1CCCCN1C(=O)c1csc(I)c1. The van der Waals surface area contributed by atoms with Crippen molar-refractivity contribution in [1.29, 1.82) is 0 Å². The van der Waals surface area contributed by atoms with Crippen molar-refractivity contribution < 1.29 is 14.3 Å². The van der Waals surface area contributed by atoms with Gasteiger partial charge in [-0.25, -0.2) is 0 Å². The molecule has 1 amide bonds. The van der Waals surface area contributed by atoms with Gasteiger partial charge in [-0.15, -0.1) is 11.3 Å². The monoisotopic (exact) mass is 393 g/mol. The van der Waals surface area contributed by atoms with Gasteiger partial charge in [-0.3, -0.25) is 9.59 Å². The Balaban J connectivity index is 2.10. The number of hydrogen-bond acceptors (Lipinski definition) is 4. The molecule has 0 spiro atoms. The van der Waals surface area contributed by atoms with Gasteiger partial charge in [0, 0.05) is 18.0 Å². The summed E-state index contributed by atoms with van der Waals surface area (Å²) in [5, 5.41) is 1.88. The van der Waals surface area contributed by atoms with Crippen molar-refractivity contribution in [2.45, 2.75) is 31.7 Å². The first-order valence-corrected chi connectivity index (χ1v) is 8.19. The molecule has 1 aromatic rings. The molecule has 1 aliphatic heterocycles. The molecule has 1 saturated heterocycles. The Labute approximate surface area is 130 Å². The van der Waals surface area contributed by atoms with Crippen LogP contribution in [0, 0.1) is 2.88 Å². The van der Waals surface area contributed by atoms with Crippen molar-refractivity contribution in [2.75, 3.05) is 13.7 Å². The summed E-state index contributed by atoms with van der Waals surface area (Å²) in [6.07, 6.45) is 3.24. The average molecular weight is 393 g/mol. The summed E-state index contributed by atoms with van der Waals surface area (Å²) >= 11 is 3.77. The number of methoxy groups -OCH3 is 1. The predicted molar refractivity (Wildman–Crippen MR) is 82.3 cm³/mol. The minimum atomic E-state index is -0.246. The van der Waals surface area contributed by atoms with Crippen LogP contribution in [0.2, 0.25) is 0 Å². The second-order valence-electron chi connectivity index (χ2n) is 4.57. The number of amides is 1. The summed E-state index contributed by atoms with van der Waals surface area (Å²) in [5.41, 5.74) is 0.728. The third-order valence-electron chi connectivity index (χ3n) is 3.33. The number of halogens is 1. The highest BCUT2D eigenvalue weighted by atomic mass is 127. The van der Waals surface area contributed by atoms with Gasteiger partial charge in [0.25, 0.3) is 5.91 Å². The summed E-state index contributed by atoms with van der Waals surface area (Å²) in [5.74, 6) is -0.211. The fraction of sp³-hybridized carbons (Fsp3) is 0.538. The summed E-state index contributed by atoms with van der Waals surface area (Å²) in [7, 11) is 1.39. The van der Waals surface area contributed by atoms with Crippen molar-refractivity contribution in [3.63, 3.8) is 0 Å². The zero-order chi connectivity index (χ0) is 13.8. The van der Waals surface area contributed by atoms with Crippen molar-refractivity contribution in [2.24, 2.45) is 0 Å². The van der Waals surface area contributed by atoms with Crippen LogP contribution in [0.5, 0.6) is 0 Å². The molecule has 0 bridgehead atoms. The summed E-state index contributed by atoms with van der Waals surface area (Å²) in [4.78, 5) is 25.7. The molecule has 1 aromatic heterocycles. The topological polar surface area (TPSA) is 46.6 Å². The lowest BCUT2D eigenvalue weighted by molar-refractivity contribution is -0.142. The standard InChI is InChI=1S/C13H16INO3S/c1-18-12(16)7-10-4-2-3-5-15(10)13(17)9-6-11(14)19-8-9/h6,8,10H,2-5,7H2,1H3. The molecule has 1 fully saturated rings. The van der Waals surface area contributed by atoms with E-state index in [1.807, 2.05) is 16.3 Å². The van der Waals surface area contributed by atoms with Crippen LogP contribution in [0.4, 0.5) is 0 Å². The molecule has 4 nitrogen and oxygen atoms in total. The number of hydrogen-bond donors (Lipinski definition) is 0. The average Bonchev–Trinajstić information content (AvgIpc) is 2.85. The molecule has 1 aliphatic rings. The van der Waals surface area contributed by atoms with Crippen LogP contribution in [0.15, 0.2) is 11.4 Å². The fourth-order valence-electron chi connectivity index (χ4n) is 2.34. The van der Waals surface area contributed by atoms with Crippen LogP contribution in [0.1, 0.15) is 36.0 Å². The number of thiophene rings is 1. The fourth-order valence-corrected chi connectivity index (χ4v) is 3.66. The Morgan fingerprint density at radius 3 is 2.95 bits per heavy atom. The van der Waals surface area contributed by atoms with E-state index in [9.17, 15) is 9.59 Å². The van der Waals surface area contributed by atoms with Crippen molar-refractivity contribution in [3.8, 4) is 0 Å². The highest BCUT2D eigenvalue weighted by Crippen LogP contribution is 2.24. The number of likely N-dealkylation sites (tertiary alicyclic amines) is 1. The first-order chi connectivity index (χ1) is 9.11. The predicted octanol–water partition coefficient (Wildman–Crippen LogP) is 2.91. The largest absolute Gasteiger partial charge is 0.469 e. The van der Waals surface area contributed by atoms with E-state index in [-0.39, 0.29) is 17.9 Å². The molecule has 2 rings (SSSR count).